The third-order valence-electron chi connectivity index (χ3n) is 4.21. The van der Waals surface area contributed by atoms with Crippen molar-refractivity contribution in [1.29, 1.82) is 0 Å². The molecule has 0 atom stereocenters. The maximum Gasteiger partial charge on any atom is 0.325 e. The summed E-state index contributed by atoms with van der Waals surface area (Å²) in [5.74, 6) is 0.178. The lowest BCUT2D eigenvalue weighted by atomic mass is 10.2. The van der Waals surface area contributed by atoms with Crippen molar-refractivity contribution in [2.75, 3.05) is 0 Å². The van der Waals surface area contributed by atoms with Crippen molar-refractivity contribution in [3.8, 4) is 5.69 Å². The molecule has 0 unspecified atom stereocenters. The van der Waals surface area contributed by atoms with Gasteiger partial charge in [-0.3, -0.25) is 14.3 Å². The van der Waals surface area contributed by atoms with Gasteiger partial charge in [0.1, 0.15) is 17.5 Å². The van der Waals surface area contributed by atoms with Gasteiger partial charge in [-0.25, -0.2) is 13.6 Å². The van der Waals surface area contributed by atoms with Crippen LogP contribution < -0.4 is 11.2 Å². The third-order valence-corrected chi connectivity index (χ3v) is 5.21. The summed E-state index contributed by atoms with van der Waals surface area (Å²) in [7, 11) is 0. The maximum absolute atomic E-state index is 13.5. The molecule has 0 bridgehead atoms. The Bertz CT molecular complexity index is 1270. The lowest BCUT2D eigenvalue weighted by molar-refractivity contribution is 0.626. The first-order valence-corrected chi connectivity index (χ1v) is 9.86. The number of aromatic nitrogens is 5. The molecule has 2 aromatic heterocycles. The zero-order chi connectivity index (χ0) is 21.1. The largest absolute Gasteiger partial charge is 0.325 e. The number of thioether (sulfide) groups is 1. The fourth-order valence-electron chi connectivity index (χ4n) is 2.92. The fraction of sp³-hybridized carbons (Fsp3) is 0.100. The second kappa shape index (κ2) is 8.46. The molecule has 7 nitrogen and oxygen atoms in total. The first-order chi connectivity index (χ1) is 14.5. The first kappa shape index (κ1) is 19.8. The number of H-pyrrole nitrogens is 2. The molecule has 0 amide bonds. The summed E-state index contributed by atoms with van der Waals surface area (Å²) in [4.78, 5) is 27.8. The van der Waals surface area contributed by atoms with Crippen molar-refractivity contribution in [3.63, 3.8) is 0 Å². The average Bonchev–Trinajstić information content (AvgIpc) is 3.09. The lowest BCUT2D eigenvalue weighted by Crippen LogP contribution is -2.23. The zero-order valence-electron chi connectivity index (χ0n) is 15.4. The van der Waals surface area contributed by atoms with Gasteiger partial charge in [-0.2, -0.15) is 0 Å². The molecule has 2 heterocycles. The van der Waals surface area contributed by atoms with Gasteiger partial charge in [0.15, 0.2) is 5.16 Å². The summed E-state index contributed by atoms with van der Waals surface area (Å²) in [5, 5.41) is 8.90. The Kier molecular flexibility index (Phi) is 5.57. The van der Waals surface area contributed by atoms with E-state index in [4.69, 9.17) is 0 Å². The van der Waals surface area contributed by atoms with Crippen LogP contribution in [0.4, 0.5) is 8.78 Å². The highest BCUT2D eigenvalue weighted by atomic mass is 32.2. The Morgan fingerprint density at radius 1 is 0.933 bits per heavy atom. The molecule has 0 aliphatic heterocycles. The average molecular weight is 427 g/mol. The van der Waals surface area contributed by atoms with Crippen molar-refractivity contribution < 1.29 is 8.78 Å². The third kappa shape index (κ3) is 4.54. The van der Waals surface area contributed by atoms with E-state index in [2.05, 4.69) is 20.2 Å². The van der Waals surface area contributed by atoms with Gasteiger partial charge in [-0.15, -0.1) is 10.2 Å². The van der Waals surface area contributed by atoms with Gasteiger partial charge in [-0.1, -0.05) is 23.9 Å². The van der Waals surface area contributed by atoms with Crippen LogP contribution in [0.25, 0.3) is 5.69 Å². The Morgan fingerprint density at radius 3 is 2.47 bits per heavy atom. The molecular formula is C20H15F2N5O2S. The second-order valence-corrected chi connectivity index (χ2v) is 7.36. The summed E-state index contributed by atoms with van der Waals surface area (Å²) in [6.07, 6.45) is 0.129. The Morgan fingerprint density at radius 2 is 1.73 bits per heavy atom. The second-order valence-electron chi connectivity index (χ2n) is 6.42. The molecule has 152 valence electrons. The molecular weight excluding hydrogens is 412 g/mol. The smallest absolute Gasteiger partial charge is 0.311 e. The van der Waals surface area contributed by atoms with Crippen LogP contribution in [0.1, 0.15) is 17.1 Å². The minimum absolute atomic E-state index is 0.129. The molecule has 0 radical (unpaired) electrons. The Balaban J connectivity index is 1.70. The van der Waals surface area contributed by atoms with Crippen molar-refractivity contribution in [3.05, 3.63) is 104 Å². The molecule has 0 saturated heterocycles. The van der Waals surface area contributed by atoms with E-state index < -0.39 is 11.2 Å². The molecule has 0 saturated carbocycles. The Labute approximate surface area is 172 Å². The van der Waals surface area contributed by atoms with Gasteiger partial charge in [0.05, 0.1) is 0 Å². The van der Waals surface area contributed by atoms with Crippen LogP contribution in [-0.2, 0) is 12.2 Å². The van der Waals surface area contributed by atoms with Gasteiger partial charge in [0.25, 0.3) is 5.56 Å². The highest BCUT2D eigenvalue weighted by molar-refractivity contribution is 7.98. The van der Waals surface area contributed by atoms with Crippen LogP contribution in [-0.4, -0.2) is 24.7 Å². The minimum atomic E-state index is -0.619. The number of aromatic amines is 2. The molecule has 4 aromatic rings. The molecule has 0 spiro atoms. The van der Waals surface area contributed by atoms with Crippen LogP contribution in [0, 0.1) is 11.6 Å². The SMILES string of the molecule is O=c1cc(Cc2nnc(SCc3cccc(F)c3)n2-c2ccc(F)cc2)[nH]c(=O)[nH]1. The number of nitrogens with zero attached hydrogens (tertiary/aromatic N) is 3. The molecule has 0 aliphatic rings. The molecule has 0 fully saturated rings. The zero-order valence-corrected chi connectivity index (χ0v) is 16.2. The minimum Gasteiger partial charge on any atom is -0.311 e. The van der Waals surface area contributed by atoms with Gasteiger partial charge in [0, 0.05) is 29.6 Å². The van der Waals surface area contributed by atoms with Gasteiger partial charge < -0.3 is 4.98 Å². The van der Waals surface area contributed by atoms with Crippen LogP contribution in [0.3, 0.4) is 0 Å². The van der Waals surface area contributed by atoms with Crippen LogP contribution in [0.2, 0.25) is 0 Å². The first-order valence-electron chi connectivity index (χ1n) is 8.88. The van der Waals surface area contributed by atoms with Crippen LogP contribution in [0.5, 0.6) is 0 Å². The van der Waals surface area contributed by atoms with Crippen LogP contribution >= 0.6 is 11.8 Å². The van der Waals surface area contributed by atoms with Crippen molar-refractivity contribution in [2.45, 2.75) is 17.3 Å². The van der Waals surface area contributed by atoms with Crippen molar-refractivity contribution in [2.24, 2.45) is 0 Å². The Hall–Kier alpha value is -3.53. The number of hydrogen-bond acceptors (Lipinski definition) is 5. The summed E-state index contributed by atoms with van der Waals surface area (Å²) in [6.45, 7) is 0. The lowest BCUT2D eigenvalue weighted by Gasteiger charge is -2.10. The normalized spacial score (nSPS) is 11.0. The van der Waals surface area contributed by atoms with E-state index >= 15 is 0 Å². The maximum atomic E-state index is 13.5. The standard InChI is InChI=1S/C20H15F2N5O2S/c21-13-4-6-16(7-5-13)27-17(9-15-10-18(28)24-19(29)23-15)25-26-20(27)30-11-12-2-1-3-14(22)8-12/h1-8,10H,9,11H2,(H2,23,24,28,29). The van der Waals surface area contributed by atoms with E-state index in [0.29, 0.717) is 28.1 Å². The molecule has 0 aliphatic carbocycles. The number of hydrogen-bond donors (Lipinski definition) is 2. The van der Waals surface area contributed by atoms with Crippen molar-refractivity contribution >= 4 is 11.8 Å². The topological polar surface area (TPSA) is 96.4 Å². The van der Waals surface area contributed by atoms with Crippen molar-refractivity contribution in [1.82, 2.24) is 24.7 Å². The van der Waals surface area contributed by atoms with E-state index in [1.807, 2.05) is 0 Å². The quantitative estimate of drug-likeness (QED) is 0.462. The summed E-state index contributed by atoms with van der Waals surface area (Å²) < 4.78 is 28.6. The predicted molar refractivity (Wildman–Crippen MR) is 108 cm³/mol. The number of halogens is 2. The van der Waals surface area contributed by atoms with E-state index in [1.165, 1.54) is 42.1 Å². The van der Waals surface area contributed by atoms with Gasteiger partial charge in [-0.05, 0) is 42.0 Å². The fourth-order valence-corrected chi connectivity index (χ4v) is 3.83. The molecule has 2 aromatic carbocycles. The summed E-state index contributed by atoms with van der Waals surface area (Å²) >= 11 is 1.33. The highest BCUT2D eigenvalue weighted by Gasteiger charge is 2.16. The van der Waals surface area contributed by atoms with E-state index in [1.54, 1.807) is 28.8 Å². The van der Waals surface area contributed by atoms with E-state index in [0.717, 1.165) is 5.56 Å². The van der Waals surface area contributed by atoms with E-state index in [9.17, 15) is 18.4 Å². The number of nitrogens with one attached hydrogen (secondary N) is 2. The number of rotatable bonds is 6. The van der Waals surface area contributed by atoms with Gasteiger partial charge >= 0.3 is 5.69 Å². The molecule has 10 heteroatoms. The summed E-state index contributed by atoms with van der Waals surface area (Å²) in [6, 6.07) is 13.3. The van der Waals surface area contributed by atoms with Crippen LogP contribution in [0.15, 0.2) is 69.3 Å². The number of benzene rings is 2. The predicted octanol–water partition coefficient (Wildman–Crippen LogP) is 2.81. The monoisotopic (exact) mass is 427 g/mol. The molecule has 2 N–H and O–H groups in total. The van der Waals surface area contributed by atoms with E-state index in [-0.39, 0.29) is 18.1 Å². The highest BCUT2D eigenvalue weighted by Crippen LogP contribution is 2.26. The molecule has 30 heavy (non-hydrogen) atoms. The summed E-state index contributed by atoms with van der Waals surface area (Å²) in [5.41, 5.74) is 0.606. The molecule has 4 rings (SSSR count). The van der Waals surface area contributed by atoms with Gasteiger partial charge in [0.2, 0.25) is 0 Å².